The molecule has 0 radical (unpaired) electrons. The first-order valence-corrected chi connectivity index (χ1v) is 13.5. The predicted molar refractivity (Wildman–Crippen MR) is 151 cm³/mol. The zero-order valence-electron chi connectivity index (χ0n) is 22.5. The molecule has 202 valence electrons. The molecule has 3 aromatic rings. The highest BCUT2D eigenvalue weighted by Crippen LogP contribution is 2.32. The molecule has 6 heteroatoms. The van der Waals surface area contributed by atoms with Crippen molar-refractivity contribution in [3.8, 4) is 5.75 Å². The van der Waals surface area contributed by atoms with Crippen LogP contribution >= 0.6 is 0 Å². The number of benzene rings is 3. The summed E-state index contributed by atoms with van der Waals surface area (Å²) in [6.07, 6.45) is 3.39. The number of nitrogens with one attached hydrogen (secondary N) is 1. The van der Waals surface area contributed by atoms with Gasteiger partial charge >= 0.3 is 5.97 Å². The van der Waals surface area contributed by atoms with Crippen LogP contribution < -0.4 is 15.8 Å². The van der Waals surface area contributed by atoms with Gasteiger partial charge in [0.2, 0.25) is 0 Å². The number of aliphatic hydroxyl groups excluding tert-OH is 1. The van der Waals surface area contributed by atoms with Crippen molar-refractivity contribution in [1.29, 1.82) is 0 Å². The molecule has 38 heavy (non-hydrogen) atoms. The lowest BCUT2D eigenvalue weighted by Crippen LogP contribution is -2.46. The molecule has 0 amide bonds. The lowest BCUT2D eigenvalue weighted by atomic mass is 9.88. The lowest BCUT2D eigenvalue weighted by molar-refractivity contribution is -0.144. The summed E-state index contributed by atoms with van der Waals surface area (Å²) < 4.78 is 11.2. The molecular formula is C32H40N2O4. The van der Waals surface area contributed by atoms with Gasteiger partial charge in [0.1, 0.15) is 25.1 Å². The van der Waals surface area contributed by atoms with E-state index in [-0.39, 0.29) is 31.1 Å². The molecule has 1 aliphatic carbocycles. The van der Waals surface area contributed by atoms with Gasteiger partial charge in [-0.1, -0.05) is 60.7 Å². The summed E-state index contributed by atoms with van der Waals surface area (Å²) >= 11 is 0. The SMILES string of the molecule is CC(C)(CC1Cc2ccccc2C1)NC[C@@H](O)COc1cc(CCC(=O)OCc2ccccc2)ccc1N. The third-order valence-electron chi connectivity index (χ3n) is 7.12. The van der Waals surface area contributed by atoms with Crippen molar-refractivity contribution in [2.24, 2.45) is 5.92 Å². The Kier molecular flexibility index (Phi) is 9.43. The number of hydrogen-bond donors (Lipinski definition) is 3. The topological polar surface area (TPSA) is 93.8 Å². The summed E-state index contributed by atoms with van der Waals surface area (Å²) in [5, 5.41) is 14.1. The van der Waals surface area contributed by atoms with E-state index in [4.69, 9.17) is 15.2 Å². The van der Waals surface area contributed by atoms with Crippen LogP contribution in [-0.4, -0.2) is 35.9 Å². The second-order valence-electron chi connectivity index (χ2n) is 11.0. The summed E-state index contributed by atoms with van der Waals surface area (Å²) in [5.41, 5.74) is 11.3. The van der Waals surface area contributed by atoms with Crippen LogP contribution in [0.25, 0.3) is 0 Å². The molecule has 1 atom stereocenters. The fourth-order valence-corrected chi connectivity index (χ4v) is 5.14. The molecule has 0 fully saturated rings. The van der Waals surface area contributed by atoms with Crippen molar-refractivity contribution < 1.29 is 19.4 Å². The first-order chi connectivity index (χ1) is 18.3. The number of fused-ring (bicyclic) bond motifs is 1. The standard InChI is InChI=1S/C32H40N2O4/c1-32(2,19-25-16-26-10-6-7-11-27(26)17-25)34-20-28(35)22-37-30-18-23(12-14-29(30)33)13-15-31(36)38-21-24-8-4-3-5-9-24/h3-12,14,18,25,28,34-35H,13,15-17,19-22,33H2,1-2H3/t28-/m1/s1. The molecule has 3 aromatic carbocycles. The van der Waals surface area contributed by atoms with Crippen LogP contribution in [0, 0.1) is 5.92 Å². The molecule has 0 heterocycles. The summed E-state index contributed by atoms with van der Waals surface area (Å²) in [7, 11) is 0. The molecular weight excluding hydrogens is 476 g/mol. The van der Waals surface area contributed by atoms with Gasteiger partial charge in [0.15, 0.2) is 0 Å². The van der Waals surface area contributed by atoms with Gasteiger partial charge in [-0.3, -0.25) is 4.79 Å². The number of carbonyl (C=O) groups excluding carboxylic acids is 1. The molecule has 4 N–H and O–H groups in total. The van der Waals surface area contributed by atoms with Gasteiger partial charge in [-0.25, -0.2) is 0 Å². The molecule has 0 bridgehead atoms. The van der Waals surface area contributed by atoms with Gasteiger partial charge in [0.05, 0.1) is 5.69 Å². The summed E-state index contributed by atoms with van der Waals surface area (Å²) in [6, 6.07) is 23.8. The average Bonchev–Trinajstić information content (AvgIpc) is 3.31. The van der Waals surface area contributed by atoms with Gasteiger partial charge < -0.3 is 25.6 Å². The van der Waals surface area contributed by atoms with Gasteiger partial charge in [-0.2, -0.15) is 0 Å². The fraction of sp³-hybridized carbons (Fsp3) is 0.406. The molecule has 0 spiro atoms. The Labute approximate surface area is 226 Å². The Balaban J connectivity index is 1.18. The normalized spacial score (nSPS) is 14.2. The van der Waals surface area contributed by atoms with E-state index >= 15 is 0 Å². The smallest absolute Gasteiger partial charge is 0.306 e. The number of β-amino-alcohol motifs (C(OH)–C–C–N with tert-alkyl or cyclic N) is 1. The number of hydrogen-bond acceptors (Lipinski definition) is 6. The Morgan fingerprint density at radius 3 is 2.42 bits per heavy atom. The number of rotatable bonds is 13. The minimum atomic E-state index is -0.675. The number of carbonyl (C=O) groups is 1. The fourth-order valence-electron chi connectivity index (χ4n) is 5.14. The van der Waals surface area contributed by atoms with Crippen molar-refractivity contribution >= 4 is 11.7 Å². The molecule has 0 aliphatic heterocycles. The molecule has 4 rings (SSSR count). The Bertz CT molecular complexity index is 1170. The minimum Gasteiger partial charge on any atom is -0.489 e. The van der Waals surface area contributed by atoms with Gasteiger partial charge in [-0.15, -0.1) is 0 Å². The molecule has 0 aromatic heterocycles. The van der Waals surface area contributed by atoms with Crippen molar-refractivity contribution in [1.82, 2.24) is 5.32 Å². The number of aryl methyl sites for hydroxylation is 1. The number of ether oxygens (including phenoxy) is 2. The highest BCUT2D eigenvalue weighted by Gasteiger charge is 2.28. The molecule has 0 unspecified atom stereocenters. The summed E-state index contributed by atoms with van der Waals surface area (Å²) in [5.74, 6) is 0.877. The van der Waals surface area contributed by atoms with E-state index in [1.165, 1.54) is 11.1 Å². The van der Waals surface area contributed by atoms with Crippen LogP contribution in [0.2, 0.25) is 0 Å². The van der Waals surface area contributed by atoms with E-state index in [0.29, 0.717) is 30.3 Å². The van der Waals surface area contributed by atoms with Crippen LogP contribution in [-0.2, 0) is 35.4 Å². The van der Waals surface area contributed by atoms with E-state index in [0.717, 1.165) is 30.4 Å². The molecule has 1 aliphatic rings. The van der Waals surface area contributed by atoms with E-state index < -0.39 is 6.10 Å². The molecule has 0 saturated carbocycles. The maximum Gasteiger partial charge on any atom is 0.306 e. The quantitative estimate of drug-likeness (QED) is 0.222. The van der Waals surface area contributed by atoms with Crippen molar-refractivity contribution in [2.45, 2.75) is 64.2 Å². The van der Waals surface area contributed by atoms with Crippen LogP contribution in [0.3, 0.4) is 0 Å². The molecule has 0 saturated heterocycles. The number of aliphatic hydroxyl groups is 1. The lowest BCUT2D eigenvalue weighted by Gasteiger charge is -2.30. The zero-order chi connectivity index (χ0) is 27.0. The van der Waals surface area contributed by atoms with Crippen molar-refractivity contribution in [3.05, 3.63) is 95.1 Å². The number of esters is 1. The Morgan fingerprint density at radius 1 is 1.03 bits per heavy atom. The largest absolute Gasteiger partial charge is 0.489 e. The summed E-state index contributed by atoms with van der Waals surface area (Å²) in [6.45, 7) is 5.21. The first kappa shape index (κ1) is 27.7. The predicted octanol–water partition coefficient (Wildman–Crippen LogP) is 4.86. The van der Waals surface area contributed by atoms with E-state index in [9.17, 15) is 9.90 Å². The average molecular weight is 517 g/mol. The maximum atomic E-state index is 12.2. The van der Waals surface area contributed by atoms with Crippen molar-refractivity contribution in [3.63, 3.8) is 0 Å². The van der Waals surface area contributed by atoms with Crippen LogP contribution in [0.1, 0.15) is 48.9 Å². The second kappa shape index (κ2) is 12.9. The van der Waals surface area contributed by atoms with E-state index in [1.807, 2.05) is 42.5 Å². The summed E-state index contributed by atoms with van der Waals surface area (Å²) in [4.78, 5) is 12.2. The highest BCUT2D eigenvalue weighted by atomic mass is 16.5. The maximum absolute atomic E-state index is 12.2. The van der Waals surface area contributed by atoms with E-state index in [1.54, 1.807) is 6.07 Å². The zero-order valence-corrected chi connectivity index (χ0v) is 22.5. The van der Waals surface area contributed by atoms with Crippen LogP contribution in [0.15, 0.2) is 72.8 Å². The van der Waals surface area contributed by atoms with Crippen LogP contribution in [0.4, 0.5) is 5.69 Å². The second-order valence-corrected chi connectivity index (χ2v) is 11.0. The van der Waals surface area contributed by atoms with Gasteiger partial charge in [0, 0.05) is 18.5 Å². The number of nitrogen functional groups attached to an aromatic ring is 1. The monoisotopic (exact) mass is 516 g/mol. The first-order valence-electron chi connectivity index (χ1n) is 13.5. The Hall–Kier alpha value is -3.35. The third kappa shape index (κ3) is 8.33. The van der Waals surface area contributed by atoms with Crippen molar-refractivity contribution in [2.75, 3.05) is 18.9 Å². The number of anilines is 1. The minimum absolute atomic E-state index is 0.0955. The number of nitrogens with two attached hydrogens (primary N) is 1. The highest BCUT2D eigenvalue weighted by molar-refractivity contribution is 5.70. The van der Waals surface area contributed by atoms with Gasteiger partial charge in [-0.05, 0) is 79.8 Å². The third-order valence-corrected chi connectivity index (χ3v) is 7.12. The van der Waals surface area contributed by atoms with Gasteiger partial charge in [0.25, 0.3) is 0 Å². The van der Waals surface area contributed by atoms with Crippen LogP contribution in [0.5, 0.6) is 5.75 Å². The Morgan fingerprint density at radius 2 is 1.71 bits per heavy atom. The molecule has 6 nitrogen and oxygen atoms in total. The van der Waals surface area contributed by atoms with E-state index in [2.05, 4.69) is 43.4 Å².